The van der Waals surface area contributed by atoms with Crippen LogP contribution >= 0.6 is 21.5 Å². The summed E-state index contributed by atoms with van der Waals surface area (Å²) in [7, 11) is 0. The summed E-state index contributed by atoms with van der Waals surface area (Å²) in [6, 6.07) is 0. The molecule has 0 heterocycles. The largest absolute Gasteiger partial charge is 0.0859 e. The summed E-state index contributed by atoms with van der Waals surface area (Å²) in [5, 5.41) is -2.36. The maximum atomic E-state index is 5.83. The zero-order chi connectivity index (χ0) is 12.7. The topological polar surface area (TPSA) is 0 Å². The van der Waals surface area contributed by atoms with Gasteiger partial charge in [0.2, 0.25) is 0 Å². The van der Waals surface area contributed by atoms with E-state index >= 15 is 0 Å². The zero-order valence-corrected chi connectivity index (χ0v) is 15.4. The fraction of sp³-hybridized carbons (Fsp3) is 1.00. The third-order valence-corrected chi connectivity index (χ3v) is 25.9. The lowest BCUT2D eigenvalue weighted by Crippen LogP contribution is -2.15. The highest BCUT2D eigenvalue weighted by atomic mass is 33.2. The second-order valence-corrected chi connectivity index (χ2v) is 24.5. The van der Waals surface area contributed by atoms with Crippen LogP contribution in [-0.4, -0.2) is 23.6 Å². The minimum atomic E-state index is -1.40. The molecule has 0 aliphatic carbocycles. The first-order chi connectivity index (χ1) is 6.21. The molecule has 0 nitrogen and oxygen atoms in total. The molecular weight excluding hydrogens is 278 g/mol. The molecule has 0 aliphatic heterocycles. The molecular formula is C10H24P2S3. The van der Waals surface area contributed by atoms with E-state index in [1.54, 1.807) is 0 Å². The molecule has 0 spiro atoms. The summed E-state index contributed by atoms with van der Waals surface area (Å²) in [6.07, 6.45) is 0. The lowest BCUT2D eigenvalue weighted by atomic mass is 10.3. The Morgan fingerprint density at radius 1 is 0.733 bits per heavy atom. The van der Waals surface area contributed by atoms with E-state index in [-0.39, 0.29) is 10.3 Å². The zero-order valence-electron chi connectivity index (χ0n) is 11.1. The fourth-order valence-electron chi connectivity index (χ4n) is 0.542. The average molecular weight is 302 g/mol. The number of hydrogen-bond donors (Lipinski definition) is 0. The molecule has 0 saturated carbocycles. The summed E-state index contributed by atoms with van der Waals surface area (Å²) < 4.78 is 0. The van der Waals surface area contributed by atoms with E-state index in [4.69, 9.17) is 23.6 Å². The molecule has 0 aliphatic rings. The van der Waals surface area contributed by atoms with Crippen molar-refractivity contribution in [1.29, 1.82) is 0 Å². The highest BCUT2D eigenvalue weighted by Gasteiger charge is 2.37. The Morgan fingerprint density at radius 2 is 0.933 bits per heavy atom. The molecule has 0 N–H and O–H groups in total. The van der Waals surface area contributed by atoms with Crippen LogP contribution in [0.15, 0.2) is 0 Å². The van der Waals surface area contributed by atoms with E-state index < -0.39 is 10.5 Å². The van der Waals surface area contributed by atoms with Crippen molar-refractivity contribution in [3.63, 3.8) is 0 Å². The van der Waals surface area contributed by atoms with Gasteiger partial charge in [-0.2, -0.15) is 0 Å². The molecule has 0 aromatic heterocycles. The van der Waals surface area contributed by atoms with Gasteiger partial charge < -0.3 is 0 Å². The van der Waals surface area contributed by atoms with Crippen LogP contribution in [0.2, 0.25) is 0 Å². The second kappa shape index (κ2) is 4.73. The Kier molecular flexibility index (Phi) is 5.25. The molecule has 0 radical (unpaired) electrons. The van der Waals surface area contributed by atoms with Crippen LogP contribution in [0.3, 0.4) is 0 Å². The predicted molar refractivity (Wildman–Crippen MR) is 87.5 cm³/mol. The van der Waals surface area contributed by atoms with Gasteiger partial charge >= 0.3 is 0 Å². The van der Waals surface area contributed by atoms with Crippen LogP contribution < -0.4 is 0 Å². The quantitative estimate of drug-likeness (QED) is 0.630. The van der Waals surface area contributed by atoms with Gasteiger partial charge in [-0.05, 0) is 23.6 Å². The van der Waals surface area contributed by atoms with Crippen LogP contribution in [-0.2, 0) is 23.6 Å². The smallest absolute Gasteiger partial charge is 0.0139 e. The molecule has 0 aromatic rings. The van der Waals surface area contributed by atoms with Crippen molar-refractivity contribution < 1.29 is 0 Å². The second-order valence-electron chi connectivity index (χ2n) is 6.12. The summed E-state index contributed by atoms with van der Waals surface area (Å²) in [4.78, 5) is 0. The molecule has 2 unspecified atom stereocenters. The minimum absolute atomic E-state index is 0.221. The highest BCUT2D eigenvalue weighted by molar-refractivity contribution is 8.99. The molecule has 92 valence electrons. The van der Waals surface area contributed by atoms with Crippen LogP contribution in [0, 0.1) is 0 Å². The summed E-state index contributed by atoms with van der Waals surface area (Å²) >= 11 is 13.6. The molecule has 0 saturated heterocycles. The van der Waals surface area contributed by atoms with E-state index in [1.807, 2.05) is 11.0 Å². The van der Waals surface area contributed by atoms with Crippen molar-refractivity contribution in [2.75, 3.05) is 13.3 Å². The van der Waals surface area contributed by atoms with Crippen molar-refractivity contribution in [2.45, 2.75) is 51.9 Å². The van der Waals surface area contributed by atoms with Crippen LogP contribution in [0.25, 0.3) is 0 Å². The Morgan fingerprint density at radius 3 is 1.07 bits per heavy atom. The molecule has 0 amide bonds. The Bertz CT molecular complexity index is 289. The first kappa shape index (κ1) is 16.6. The average Bonchev–Trinajstić information content (AvgIpc) is 1.77. The first-order valence-electron chi connectivity index (χ1n) is 5.07. The number of rotatable bonds is 2. The third-order valence-electron chi connectivity index (χ3n) is 2.75. The van der Waals surface area contributed by atoms with Crippen molar-refractivity contribution in [2.24, 2.45) is 0 Å². The van der Waals surface area contributed by atoms with Crippen molar-refractivity contribution in [3.8, 4) is 0 Å². The van der Waals surface area contributed by atoms with Gasteiger partial charge in [0.05, 0.1) is 0 Å². The molecule has 0 fully saturated rings. The van der Waals surface area contributed by atoms with Crippen LogP contribution in [0.4, 0.5) is 0 Å². The summed E-state index contributed by atoms with van der Waals surface area (Å²) in [6.45, 7) is 18.0. The monoisotopic (exact) mass is 302 g/mol. The van der Waals surface area contributed by atoms with Gasteiger partial charge in [-0.3, -0.25) is 0 Å². The minimum Gasteiger partial charge on any atom is -0.0859 e. The van der Waals surface area contributed by atoms with E-state index in [1.165, 1.54) is 0 Å². The van der Waals surface area contributed by atoms with E-state index in [0.29, 0.717) is 0 Å². The lowest BCUT2D eigenvalue weighted by molar-refractivity contribution is 0.791. The van der Waals surface area contributed by atoms with Crippen LogP contribution in [0.5, 0.6) is 0 Å². The molecule has 0 bridgehead atoms. The number of hydrogen-bond acceptors (Lipinski definition) is 3. The van der Waals surface area contributed by atoms with E-state index in [9.17, 15) is 0 Å². The van der Waals surface area contributed by atoms with Gasteiger partial charge in [0, 0.05) is 10.5 Å². The molecule has 15 heavy (non-hydrogen) atoms. The molecule has 2 atom stereocenters. The van der Waals surface area contributed by atoms with E-state index in [0.717, 1.165) is 0 Å². The molecule has 5 heteroatoms. The highest BCUT2D eigenvalue weighted by Crippen LogP contribution is 2.82. The Balaban J connectivity index is 5.08. The maximum Gasteiger partial charge on any atom is 0.0139 e. The van der Waals surface area contributed by atoms with Gasteiger partial charge in [-0.15, -0.1) is 0 Å². The van der Waals surface area contributed by atoms with Crippen molar-refractivity contribution >= 4 is 45.1 Å². The molecule has 0 aromatic carbocycles. The lowest BCUT2D eigenvalue weighted by Gasteiger charge is -2.39. The normalized spacial score (nSPS) is 21.9. The summed E-state index contributed by atoms with van der Waals surface area (Å²) in [5.41, 5.74) is 0. The predicted octanol–water partition coefficient (Wildman–Crippen LogP) is 5.37. The van der Waals surface area contributed by atoms with Crippen molar-refractivity contribution in [3.05, 3.63) is 0 Å². The molecule has 0 rings (SSSR count). The maximum absolute atomic E-state index is 5.83. The third kappa shape index (κ3) is 4.43. The summed E-state index contributed by atoms with van der Waals surface area (Å²) in [5.74, 6) is 0. The van der Waals surface area contributed by atoms with Crippen LogP contribution in [0.1, 0.15) is 41.5 Å². The van der Waals surface area contributed by atoms with Gasteiger partial charge in [0.15, 0.2) is 0 Å². The van der Waals surface area contributed by atoms with Gasteiger partial charge in [-0.1, -0.05) is 76.2 Å². The SMILES string of the molecule is CC(C)(C)P(C)(=S)SP(C)(=S)C(C)(C)C. The van der Waals surface area contributed by atoms with Gasteiger partial charge in [0.1, 0.15) is 0 Å². The fourth-order valence-corrected chi connectivity index (χ4v) is 23.0. The standard InChI is InChI=1S/C10H24P2S3/c1-9(2,3)11(7,13)15-12(8,14)10(4,5)6/h1-8H3. The van der Waals surface area contributed by atoms with Crippen molar-refractivity contribution in [1.82, 2.24) is 0 Å². The van der Waals surface area contributed by atoms with Gasteiger partial charge in [0.25, 0.3) is 0 Å². The first-order valence-corrected chi connectivity index (χ1v) is 13.6. The van der Waals surface area contributed by atoms with E-state index in [2.05, 4.69) is 54.9 Å². The Labute approximate surface area is 110 Å². The van der Waals surface area contributed by atoms with Gasteiger partial charge in [-0.25, -0.2) is 0 Å². The Hall–Kier alpha value is 1.65.